The van der Waals surface area contributed by atoms with E-state index in [1.54, 1.807) is 12.1 Å². The van der Waals surface area contributed by atoms with Gasteiger partial charge in [-0.25, -0.2) is 0 Å². The molecule has 1 aliphatic heterocycles. The highest BCUT2D eigenvalue weighted by molar-refractivity contribution is 5.98. The Bertz CT molecular complexity index is 844. The highest BCUT2D eigenvalue weighted by Crippen LogP contribution is 2.38. The number of nitrogens with zero attached hydrogens (tertiary/aromatic N) is 2. The fourth-order valence-corrected chi connectivity index (χ4v) is 3.68. The summed E-state index contributed by atoms with van der Waals surface area (Å²) in [5, 5.41) is 7.02. The summed E-state index contributed by atoms with van der Waals surface area (Å²) >= 11 is 0. The van der Waals surface area contributed by atoms with Gasteiger partial charge in [0.2, 0.25) is 5.91 Å². The summed E-state index contributed by atoms with van der Waals surface area (Å²) in [6, 6.07) is 9.03. The van der Waals surface area contributed by atoms with E-state index < -0.39 is 0 Å². The molecule has 1 aliphatic carbocycles. The van der Waals surface area contributed by atoms with Crippen LogP contribution in [0.25, 0.3) is 0 Å². The van der Waals surface area contributed by atoms with E-state index in [9.17, 15) is 9.59 Å². The Hall–Kier alpha value is -2.63. The van der Waals surface area contributed by atoms with Crippen molar-refractivity contribution >= 4 is 17.5 Å². The number of amides is 2. The van der Waals surface area contributed by atoms with Crippen molar-refractivity contribution in [3.8, 4) is 0 Å². The average molecular weight is 353 g/mol. The van der Waals surface area contributed by atoms with Crippen LogP contribution < -0.4 is 5.32 Å². The second-order valence-electron chi connectivity index (χ2n) is 7.41. The molecule has 1 aromatic heterocycles. The van der Waals surface area contributed by atoms with Crippen LogP contribution in [-0.4, -0.2) is 28.4 Å². The second kappa shape index (κ2) is 6.59. The molecule has 26 heavy (non-hydrogen) atoms. The molecule has 0 radical (unpaired) electrons. The monoisotopic (exact) mass is 353 g/mol. The highest BCUT2D eigenvalue weighted by Gasteiger charge is 2.39. The second-order valence-corrected chi connectivity index (χ2v) is 7.41. The van der Waals surface area contributed by atoms with Crippen molar-refractivity contribution in [1.29, 1.82) is 0 Å². The lowest BCUT2D eigenvalue weighted by molar-refractivity contribution is -0.117. The molecule has 2 aliphatic rings. The van der Waals surface area contributed by atoms with Gasteiger partial charge in [-0.2, -0.15) is 0 Å². The number of hydrogen-bond acceptors (Lipinski definition) is 4. The van der Waals surface area contributed by atoms with E-state index in [4.69, 9.17) is 4.52 Å². The van der Waals surface area contributed by atoms with Gasteiger partial charge < -0.3 is 14.7 Å². The van der Waals surface area contributed by atoms with Crippen LogP contribution in [0.4, 0.5) is 5.69 Å². The van der Waals surface area contributed by atoms with E-state index in [1.165, 1.54) is 0 Å². The zero-order valence-electron chi connectivity index (χ0n) is 15.1. The molecule has 0 bridgehead atoms. The van der Waals surface area contributed by atoms with Gasteiger partial charge in [0.1, 0.15) is 11.5 Å². The molecule has 2 aromatic rings. The first-order valence-electron chi connectivity index (χ1n) is 9.18. The summed E-state index contributed by atoms with van der Waals surface area (Å²) in [6.07, 6.45) is 2.77. The van der Waals surface area contributed by atoms with Crippen LogP contribution in [0.3, 0.4) is 0 Å². The van der Waals surface area contributed by atoms with Crippen molar-refractivity contribution in [2.24, 2.45) is 11.8 Å². The number of carbonyl (C=O) groups excluding carboxylic acids is 2. The van der Waals surface area contributed by atoms with Crippen LogP contribution >= 0.6 is 0 Å². The normalized spacial score (nSPS) is 24.5. The predicted octanol–water partition coefficient (Wildman–Crippen LogP) is 3.55. The minimum atomic E-state index is -0.0505. The van der Waals surface area contributed by atoms with Crippen LogP contribution in [0, 0.1) is 18.8 Å². The molecule has 6 heteroatoms. The third-order valence-corrected chi connectivity index (χ3v) is 5.32. The zero-order chi connectivity index (χ0) is 18.3. The Morgan fingerprint density at radius 3 is 2.81 bits per heavy atom. The number of carbonyl (C=O) groups is 2. The van der Waals surface area contributed by atoms with Gasteiger partial charge in [-0.1, -0.05) is 18.1 Å². The summed E-state index contributed by atoms with van der Waals surface area (Å²) in [4.78, 5) is 27.0. The molecule has 1 saturated carbocycles. The molecule has 4 rings (SSSR count). The molecular weight excluding hydrogens is 330 g/mol. The summed E-state index contributed by atoms with van der Waals surface area (Å²) in [5.74, 6) is 1.31. The molecule has 2 amide bonds. The van der Waals surface area contributed by atoms with Gasteiger partial charge >= 0.3 is 0 Å². The van der Waals surface area contributed by atoms with E-state index >= 15 is 0 Å². The molecule has 0 unspecified atom stereocenters. The molecule has 2 heterocycles. The average Bonchev–Trinajstić information content (AvgIpc) is 3.00. The van der Waals surface area contributed by atoms with E-state index in [0.717, 1.165) is 30.7 Å². The minimum absolute atomic E-state index is 0.0379. The van der Waals surface area contributed by atoms with Crippen molar-refractivity contribution in [2.45, 2.75) is 39.2 Å². The Kier molecular flexibility index (Phi) is 4.26. The van der Waals surface area contributed by atoms with Crippen molar-refractivity contribution in [3.05, 3.63) is 47.3 Å². The molecule has 1 N–H and O–H groups in total. The number of rotatable bonds is 4. The standard InChI is InChI=1S/C20H23N3O3/c1-12-9-16(12)19(24)21-15-6-3-5-14(11-15)20(25)23-8-4-7-18(23)17-10-13(2)26-22-17/h3,5-6,10-12,16,18H,4,7-9H2,1-2H3,(H,21,24)/t12-,16-,18+/m1/s1. The SMILES string of the molecule is Cc1cc([C@@H]2CCCN2C(=O)c2cccc(NC(=O)[C@@H]3C[C@H]3C)c2)no1. The summed E-state index contributed by atoms with van der Waals surface area (Å²) in [7, 11) is 0. The van der Waals surface area contributed by atoms with Crippen LogP contribution in [0.1, 0.15) is 54.0 Å². The fourth-order valence-electron chi connectivity index (χ4n) is 3.68. The van der Waals surface area contributed by atoms with Crippen LogP contribution in [0.5, 0.6) is 0 Å². The molecular formula is C20H23N3O3. The van der Waals surface area contributed by atoms with E-state index in [1.807, 2.05) is 30.0 Å². The Labute approximate surface area is 152 Å². The van der Waals surface area contributed by atoms with Crippen molar-refractivity contribution in [3.63, 3.8) is 0 Å². The third kappa shape index (κ3) is 3.23. The van der Waals surface area contributed by atoms with Crippen LogP contribution in [0.15, 0.2) is 34.9 Å². The lowest BCUT2D eigenvalue weighted by atomic mass is 10.1. The number of anilines is 1. The lowest BCUT2D eigenvalue weighted by Crippen LogP contribution is -2.30. The summed E-state index contributed by atoms with van der Waals surface area (Å²) < 4.78 is 5.18. The molecule has 0 spiro atoms. The molecule has 136 valence electrons. The van der Waals surface area contributed by atoms with Crippen LogP contribution in [-0.2, 0) is 4.79 Å². The lowest BCUT2D eigenvalue weighted by Gasteiger charge is -2.23. The van der Waals surface area contributed by atoms with Crippen molar-refractivity contribution in [2.75, 3.05) is 11.9 Å². The van der Waals surface area contributed by atoms with E-state index in [-0.39, 0.29) is 23.8 Å². The number of nitrogens with one attached hydrogen (secondary N) is 1. The van der Waals surface area contributed by atoms with Gasteiger partial charge in [-0.3, -0.25) is 9.59 Å². The van der Waals surface area contributed by atoms with Gasteiger partial charge in [0.05, 0.1) is 6.04 Å². The van der Waals surface area contributed by atoms with Crippen molar-refractivity contribution < 1.29 is 14.1 Å². The number of aromatic nitrogens is 1. The maximum absolute atomic E-state index is 13.0. The largest absolute Gasteiger partial charge is 0.361 e. The number of benzene rings is 1. The first-order chi connectivity index (χ1) is 12.5. The zero-order valence-corrected chi connectivity index (χ0v) is 15.1. The van der Waals surface area contributed by atoms with E-state index in [2.05, 4.69) is 17.4 Å². The van der Waals surface area contributed by atoms with Crippen LogP contribution in [0.2, 0.25) is 0 Å². The Morgan fingerprint density at radius 1 is 1.31 bits per heavy atom. The molecule has 1 saturated heterocycles. The van der Waals surface area contributed by atoms with Crippen molar-refractivity contribution in [1.82, 2.24) is 10.1 Å². The maximum Gasteiger partial charge on any atom is 0.254 e. The maximum atomic E-state index is 13.0. The van der Waals surface area contributed by atoms with Gasteiger partial charge in [0.15, 0.2) is 0 Å². The first-order valence-corrected chi connectivity index (χ1v) is 9.18. The molecule has 1 aromatic carbocycles. The highest BCUT2D eigenvalue weighted by atomic mass is 16.5. The predicted molar refractivity (Wildman–Crippen MR) is 96.6 cm³/mol. The van der Waals surface area contributed by atoms with Gasteiger partial charge in [-0.05, 0) is 50.3 Å². The smallest absolute Gasteiger partial charge is 0.254 e. The van der Waals surface area contributed by atoms with E-state index in [0.29, 0.717) is 23.7 Å². The van der Waals surface area contributed by atoms with Gasteiger partial charge in [0, 0.05) is 29.8 Å². The summed E-state index contributed by atoms with van der Waals surface area (Å²) in [6.45, 7) is 4.62. The molecule has 6 nitrogen and oxygen atoms in total. The quantitative estimate of drug-likeness (QED) is 0.912. The molecule has 3 atom stereocenters. The number of aryl methyl sites for hydroxylation is 1. The topological polar surface area (TPSA) is 75.4 Å². The minimum Gasteiger partial charge on any atom is -0.361 e. The van der Waals surface area contributed by atoms with Gasteiger partial charge in [0.25, 0.3) is 5.91 Å². The Morgan fingerprint density at radius 2 is 2.12 bits per heavy atom. The third-order valence-electron chi connectivity index (χ3n) is 5.32. The number of likely N-dealkylation sites (tertiary alicyclic amines) is 1. The Balaban J connectivity index is 1.50. The van der Waals surface area contributed by atoms with Gasteiger partial charge in [-0.15, -0.1) is 0 Å². The first kappa shape index (κ1) is 16.8. The molecule has 2 fully saturated rings. The fraction of sp³-hybridized carbons (Fsp3) is 0.450. The number of hydrogen-bond donors (Lipinski definition) is 1. The summed E-state index contributed by atoms with van der Waals surface area (Å²) in [5.41, 5.74) is 2.06.